The van der Waals surface area contributed by atoms with E-state index in [4.69, 9.17) is 0 Å². The molecule has 0 spiro atoms. The van der Waals surface area contributed by atoms with Crippen LogP contribution in [0.1, 0.15) is 45.2 Å². The van der Waals surface area contributed by atoms with E-state index in [1.165, 1.54) is 18.4 Å². The summed E-state index contributed by atoms with van der Waals surface area (Å²) in [6.45, 7) is 6.96. The number of nitrogens with one attached hydrogen (secondary N) is 1. The Hall–Kier alpha value is -1.15. The number of piperidine rings is 1. The molecule has 1 aromatic rings. The molecule has 1 saturated heterocycles. The quantitative estimate of drug-likeness (QED) is 0.763. The summed E-state index contributed by atoms with van der Waals surface area (Å²) < 4.78 is 0. The van der Waals surface area contributed by atoms with Crippen molar-refractivity contribution in [3.63, 3.8) is 0 Å². The molecule has 1 aliphatic heterocycles. The Labute approximate surface area is 110 Å². The second-order valence-corrected chi connectivity index (χ2v) is 6.35. The van der Waals surface area contributed by atoms with Gasteiger partial charge in [0.15, 0.2) is 0 Å². The van der Waals surface area contributed by atoms with Gasteiger partial charge in [0.1, 0.15) is 0 Å². The molecule has 1 aliphatic carbocycles. The molecule has 0 unspecified atom stereocenters. The first-order valence-corrected chi connectivity index (χ1v) is 6.92. The zero-order chi connectivity index (χ0) is 12.8. The molecule has 2 bridgehead atoms. The van der Waals surface area contributed by atoms with Crippen LogP contribution >= 0.6 is 0 Å². The Morgan fingerprint density at radius 1 is 1.39 bits per heavy atom. The van der Waals surface area contributed by atoms with Crippen LogP contribution in [0.5, 0.6) is 0 Å². The van der Waals surface area contributed by atoms with Gasteiger partial charge < -0.3 is 5.32 Å². The normalized spacial score (nSPS) is 33.9. The average molecular weight is 242 g/mol. The van der Waals surface area contributed by atoms with E-state index in [0.29, 0.717) is 12.0 Å². The van der Waals surface area contributed by atoms with E-state index in [0.717, 1.165) is 5.92 Å². The van der Waals surface area contributed by atoms with E-state index < -0.39 is 0 Å². The SMILES string of the molecule is CC1=CC[C@@H]2C[C@H]1[C@H](c1cccnc1)NC2(C)C. The summed E-state index contributed by atoms with van der Waals surface area (Å²) >= 11 is 0. The van der Waals surface area contributed by atoms with Crippen molar-refractivity contribution in [2.45, 2.75) is 45.2 Å². The molecule has 0 amide bonds. The monoisotopic (exact) mass is 242 g/mol. The third kappa shape index (κ3) is 1.89. The topological polar surface area (TPSA) is 24.9 Å². The van der Waals surface area contributed by atoms with Gasteiger partial charge >= 0.3 is 0 Å². The Balaban J connectivity index is 1.99. The first kappa shape index (κ1) is 11.9. The number of hydrogen-bond donors (Lipinski definition) is 1. The fourth-order valence-electron chi connectivity index (χ4n) is 3.55. The van der Waals surface area contributed by atoms with Gasteiger partial charge in [-0.25, -0.2) is 0 Å². The lowest BCUT2D eigenvalue weighted by atomic mass is 9.65. The molecule has 0 radical (unpaired) electrons. The maximum atomic E-state index is 4.28. The number of rotatable bonds is 1. The maximum absolute atomic E-state index is 4.28. The van der Waals surface area contributed by atoms with Crippen LogP contribution in [-0.2, 0) is 0 Å². The second-order valence-electron chi connectivity index (χ2n) is 6.35. The van der Waals surface area contributed by atoms with Gasteiger partial charge in [-0.2, -0.15) is 0 Å². The van der Waals surface area contributed by atoms with Crippen LogP contribution in [0.15, 0.2) is 36.2 Å². The zero-order valence-electron chi connectivity index (χ0n) is 11.5. The lowest BCUT2D eigenvalue weighted by molar-refractivity contribution is 0.109. The molecule has 2 heterocycles. The van der Waals surface area contributed by atoms with E-state index >= 15 is 0 Å². The highest BCUT2D eigenvalue weighted by Crippen LogP contribution is 2.46. The molecule has 2 aliphatic rings. The highest BCUT2D eigenvalue weighted by Gasteiger charge is 2.43. The van der Waals surface area contributed by atoms with Crippen molar-refractivity contribution in [1.29, 1.82) is 0 Å². The van der Waals surface area contributed by atoms with Gasteiger partial charge in [-0.15, -0.1) is 0 Å². The van der Waals surface area contributed by atoms with Crippen LogP contribution in [0.4, 0.5) is 0 Å². The molecule has 3 atom stereocenters. The molecule has 96 valence electrons. The summed E-state index contributed by atoms with van der Waals surface area (Å²) in [5.41, 5.74) is 3.08. The predicted octanol–water partition coefficient (Wildman–Crippen LogP) is 3.48. The number of nitrogens with zero attached hydrogens (tertiary/aromatic N) is 1. The van der Waals surface area contributed by atoms with Crippen LogP contribution in [0.3, 0.4) is 0 Å². The lowest BCUT2D eigenvalue weighted by Gasteiger charge is -2.50. The van der Waals surface area contributed by atoms with Crippen molar-refractivity contribution in [2.75, 3.05) is 0 Å². The van der Waals surface area contributed by atoms with Crippen molar-refractivity contribution < 1.29 is 0 Å². The van der Waals surface area contributed by atoms with E-state index in [1.54, 1.807) is 5.57 Å². The third-order valence-corrected chi connectivity index (χ3v) is 4.84. The second kappa shape index (κ2) is 4.20. The van der Waals surface area contributed by atoms with Crippen molar-refractivity contribution in [3.8, 4) is 0 Å². The van der Waals surface area contributed by atoms with E-state index in [1.807, 2.05) is 18.5 Å². The number of hydrogen-bond acceptors (Lipinski definition) is 2. The van der Waals surface area contributed by atoms with E-state index in [2.05, 4.69) is 43.2 Å². The van der Waals surface area contributed by atoms with Crippen LogP contribution in [0.25, 0.3) is 0 Å². The molecule has 3 rings (SSSR count). The van der Waals surface area contributed by atoms with Crippen LogP contribution in [0, 0.1) is 11.8 Å². The highest BCUT2D eigenvalue weighted by molar-refractivity contribution is 5.25. The Morgan fingerprint density at radius 3 is 2.94 bits per heavy atom. The van der Waals surface area contributed by atoms with Crippen molar-refractivity contribution in [3.05, 3.63) is 41.7 Å². The summed E-state index contributed by atoms with van der Waals surface area (Å²) in [5, 5.41) is 3.86. The molecule has 1 fully saturated rings. The number of aromatic nitrogens is 1. The molecule has 0 aromatic carbocycles. The Morgan fingerprint density at radius 2 is 2.22 bits per heavy atom. The molecule has 1 aromatic heterocycles. The minimum Gasteiger partial charge on any atom is -0.304 e. The first-order valence-electron chi connectivity index (χ1n) is 6.92. The molecule has 2 nitrogen and oxygen atoms in total. The molecule has 0 saturated carbocycles. The summed E-state index contributed by atoms with van der Waals surface area (Å²) in [5.74, 6) is 1.40. The lowest BCUT2D eigenvalue weighted by Crippen LogP contribution is -2.55. The van der Waals surface area contributed by atoms with Crippen molar-refractivity contribution >= 4 is 0 Å². The van der Waals surface area contributed by atoms with E-state index in [-0.39, 0.29) is 5.54 Å². The third-order valence-electron chi connectivity index (χ3n) is 4.84. The van der Waals surface area contributed by atoms with Crippen LogP contribution in [0.2, 0.25) is 0 Å². The molecular weight excluding hydrogens is 220 g/mol. The Kier molecular flexibility index (Phi) is 2.78. The minimum absolute atomic E-state index is 0.216. The van der Waals surface area contributed by atoms with Gasteiger partial charge in [0.25, 0.3) is 0 Å². The van der Waals surface area contributed by atoms with Gasteiger partial charge in [-0.05, 0) is 57.1 Å². The first-order chi connectivity index (χ1) is 8.58. The highest BCUT2D eigenvalue weighted by atomic mass is 15.0. The van der Waals surface area contributed by atoms with Crippen molar-refractivity contribution in [1.82, 2.24) is 10.3 Å². The van der Waals surface area contributed by atoms with E-state index in [9.17, 15) is 0 Å². The number of pyridine rings is 1. The number of allylic oxidation sites excluding steroid dienone is 1. The maximum Gasteiger partial charge on any atom is 0.0405 e. The Bertz CT molecular complexity index is 461. The summed E-state index contributed by atoms with van der Waals surface area (Å²) in [6.07, 6.45) is 8.84. The molecule has 2 heteroatoms. The van der Waals surface area contributed by atoms with Gasteiger partial charge in [-0.1, -0.05) is 17.7 Å². The fraction of sp³-hybridized carbons (Fsp3) is 0.562. The molecule has 1 N–H and O–H groups in total. The zero-order valence-corrected chi connectivity index (χ0v) is 11.5. The molecular formula is C16H22N2. The standard InChI is InChI=1S/C16H22N2/c1-11-6-7-13-9-14(11)15(18-16(13,2)3)12-5-4-8-17-10-12/h4-6,8,10,13-15,18H,7,9H2,1-3H3/t13-,14-,15+/m1/s1. The van der Waals surface area contributed by atoms with Gasteiger partial charge in [0.2, 0.25) is 0 Å². The van der Waals surface area contributed by atoms with Crippen LogP contribution < -0.4 is 5.32 Å². The summed E-state index contributed by atoms with van der Waals surface area (Å²) in [7, 11) is 0. The van der Waals surface area contributed by atoms with Gasteiger partial charge in [0.05, 0.1) is 0 Å². The minimum atomic E-state index is 0.216. The van der Waals surface area contributed by atoms with Crippen LogP contribution in [-0.4, -0.2) is 10.5 Å². The van der Waals surface area contributed by atoms with Crippen molar-refractivity contribution in [2.24, 2.45) is 11.8 Å². The largest absolute Gasteiger partial charge is 0.304 e. The smallest absolute Gasteiger partial charge is 0.0405 e. The predicted molar refractivity (Wildman–Crippen MR) is 74.2 cm³/mol. The number of fused-ring (bicyclic) bond motifs is 2. The average Bonchev–Trinajstić information content (AvgIpc) is 2.37. The molecule has 18 heavy (non-hydrogen) atoms. The van der Waals surface area contributed by atoms with Gasteiger partial charge in [0, 0.05) is 24.0 Å². The summed E-state index contributed by atoms with van der Waals surface area (Å²) in [4.78, 5) is 4.28. The fourth-order valence-corrected chi connectivity index (χ4v) is 3.55. The summed E-state index contributed by atoms with van der Waals surface area (Å²) in [6, 6.07) is 4.66. The van der Waals surface area contributed by atoms with Gasteiger partial charge in [-0.3, -0.25) is 4.98 Å².